The molecule has 17 heavy (non-hydrogen) atoms. The third-order valence-corrected chi connectivity index (χ3v) is 3.06. The van der Waals surface area contributed by atoms with E-state index in [0.29, 0.717) is 0 Å². The minimum absolute atomic E-state index is 1.12. The van der Waals surface area contributed by atoms with Crippen molar-refractivity contribution in [2.75, 3.05) is 0 Å². The number of benzene rings is 2. The number of rotatable bonds is 2. The smallest absolute Gasteiger partial charge is 0.0106 e. The second-order valence-corrected chi connectivity index (χ2v) is 4.64. The maximum atomic E-state index is 4.09. The summed E-state index contributed by atoms with van der Waals surface area (Å²) in [6.45, 7) is 10.4. The first-order valence-electron chi connectivity index (χ1n) is 5.92. The maximum absolute atomic E-state index is 4.09. The molecule has 0 saturated heterocycles. The molecule has 0 N–H and O–H groups in total. The zero-order valence-corrected chi connectivity index (χ0v) is 10.7. The van der Waals surface area contributed by atoms with Gasteiger partial charge in [0.2, 0.25) is 0 Å². The van der Waals surface area contributed by atoms with Gasteiger partial charge in [0, 0.05) is 0 Å². The van der Waals surface area contributed by atoms with Crippen LogP contribution in [0, 0.1) is 13.8 Å². The average molecular weight is 222 g/mol. The van der Waals surface area contributed by atoms with E-state index < -0.39 is 0 Å². The van der Waals surface area contributed by atoms with Crippen LogP contribution in [0.25, 0.3) is 16.7 Å². The van der Waals surface area contributed by atoms with Crippen molar-refractivity contribution in [2.45, 2.75) is 20.8 Å². The minimum Gasteiger partial charge on any atom is -0.0955 e. The van der Waals surface area contributed by atoms with Crippen molar-refractivity contribution < 1.29 is 0 Å². The second kappa shape index (κ2) is 4.58. The molecule has 2 aromatic rings. The average Bonchev–Trinajstić information content (AvgIpc) is 2.29. The molecular formula is C17H18. The fourth-order valence-corrected chi connectivity index (χ4v) is 2.21. The molecule has 2 aromatic carbocycles. The van der Waals surface area contributed by atoms with Gasteiger partial charge in [-0.15, -0.1) is 0 Å². The molecule has 2 rings (SSSR count). The highest BCUT2D eigenvalue weighted by atomic mass is 14.1. The maximum Gasteiger partial charge on any atom is -0.0106 e. The van der Waals surface area contributed by atoms with E-state index in [0.717, 1.165) is 5.57 Å². The Morgan fingerprint density at radius 1 is 0.941 bits per heavy atom. The molecule has 0 aliphatic carbocycles. The van der Waals surface area contributed by atoms with Gasteiger partial charge in [0.25, 0.3) is 0 Å². The lowest BCUT2D eigenvalue weighted by Crippen LogP contribution is -1.90. The molecule has 0 spiro atoms. The number of allylic oxidation sites excluding steroid dienone is 1. The topological polar surface area (TPSA) is 0 Å². The molecule has 0 saturated carbocycles. The van der Waals surface area contributed by atoms with Gasteiger partial charge in [-0.1, -0.05) is 60.2 Å². The van der Waals surface area contributed by atoms with Crippen LogP contribution in [0.5, 0.6) is 0 Å². The van der Waals surface area contributed by atoms with E-state index >= 15 is 0 Å². The van der Waals surface area contributed by atoms with Gasteiger partial charge in [0.05, 0.1) is 0 Å². The van der Waals surface area contributed by atoms with E-state index in [2.05, 4.69) is 69.8 Å². The highest BCUT2D eigenvalue weighted by Gasteiger charge is 2.07. The standard InChI is InChI=1S/C17H18/c1-12(2)17-14(4)6-5-7-16(17)15-10-8-13(3)9-11-15/h5-11H,1H2,2-4H3. The Morgan fingerprint density at radius 3 is 2.18 bits per heavy atom. The normalized spacial score (nSPS) is 10.3. The second-order valence-electron chi connectivity index (χ2n) is 4.64. The van der Waals surface area contributed by atoms with Crippen LogP contribution >= 0.6 is 0 Å². The van der Waals surface area contributed by atoms with Crippen molar-refractivity contribution in [2.24, 2.45) is 0 Å². The van der Waals surface area contributed by atoms with Gasteiger partial charge < -0.3 is 0 Å². The first-order valence-corrected chi connectivity index (χ1v) is 5.92. The lowest BCUT2D eigenvalue weighted by Gasteiger charge is -2.13. The highest BCUT2D eigenvalue weighted by Crippen LogP contribution is 2.30. The molecule has 0 aliphatic rings. The quantitative estimate of drug-likeness (QED) is 0.670. The van der Waals surface area contributed by atoms with Crippen molar-refractivity contribution in [3.05, 3.63) is 65.7 Å². The van der Waals surface area contributed by atoms with Gasteiger partial charge in [-0.25, -0.2) is 0 Å². The Balaban J connectivity index is 2.63. The van der Waals surface area contributed by atoms with Crippen LogP contribution in [0.2, 0.25) is 0 Å². The summed E-state index contributed by atoms with van der Waals surface area (Å²) in [5.41, 5.74) is 7.51. The third-order valence-electron chi connectivity index (χ3n) is 3.06. The van der Waals surface area contributed by atoms with E-state index in [9.17, 15) is 0 Å². The van der Waals surface area contributed by atoms with E-state index in [4.69, 9.17) is 0 Å². The third kappa shape index (κ3) is 2.31. The summed E-state index contributed by atoms with van der Waals surface area (Å²) in [5.74, 6) is 0. The van der Waals surface area contributed by atoms with Crippen LogP contribution in [-0.2, 0) is 0 Å². The fourth-order valence-electron chi connectivity index (χ4n) is 2.21. The first-order chi connectivity index (χ1) is 8.09. The molecule has 0 radical (unpaired) electrons. The van der Waals surface area contributed by atoms with Crippen molar-refractivity contribution in [3.8, 4) is 11.1 Å². The minimum atomic E-state index is 1.12. The zero-order valence-electron chi connectivity index (χ0n) is 10.7. The summed E-state index contributed by atoms with van der Waals surface area (Å²) < 4.78 is 0. The van der Waals surface area contributed by atoms with Gasteiger partial charge in [-0.2, -0.15) is 0 Å². The summed E-state index contributed by atoms with van der Waals surface area (Å²) in [4.78, 5) is 0. The summed E-state index contributed by atoms with van der Waals surface area (Å²) in [7, 11) is 0. The molecule has 0 heterocycles. The van der Waals surface area contributed by atoms with E-state index in [1.165, 1.54) is 27.8 Å². The Labute approximate surface area is 104 Å². The van der Waals surface area contributed by atoms with Crippen LogP contribution in [-0.4, -0.2) is 0 Å². The number of aryl methyl sites for hydroxylation is 2. The van der Waals surface area contributed by atoms with Gasteiger partial charge in [-0.3, -0.25) is 0 Å². The van der Waals surface area contributed by atoms with Crippen molar-refractivity contribution in [3.63, 3.8) is 0 Å². The van der Waals surface area contributed by atoms with Crippen LogP contribution in [0.4, 0.5) is 0 Å². The van der Waals surface area contributed by atoms with Crippen LogP contribution in [0.3, 0.4) is 0 Å². The summed E-state index contributed by atoms with van der Waals surface area (Å²) >= 11 is 0. The Bertz CT molecular complexity index is 545. The van der Waals surface area contributed by atoms with Crippen LogP contribution in [0.1, 0.15) is 23.6 Å². The van der Waals surface area contributed by atoms with Gasteiger partial charge in [-0.05, 0) is 43.0 Å². The van der Waals surface area contributed by atoms with E-state index in [1.807, 2.05) is 0 Å². The van der Waals surface area contributed by atoms with Crippen LogP contribution < -0.4 is 0 Å². The van der Waals surface area contributed by atoms with Crippen molar-refractivity contribution in [1.29, 1.82) is 0 Å². The molecule has 0 atom stereocenters. The molecule has 0 heteroatoms. The number of hydrogen-bond donors (Lipinski definition) is 0. The monoisotopic (exact) mass is 222 g/mol. The number of hydrogen-bond acceptors (Lipinski definition) is 0. The highest BCUT2D eigenvalue weighted by molar-refractivity contribution is 5.81. The molecule has 0 nitrogen and oxygen atoms in total. The largest absolute Gasteiger partial charge is 0.0955 e. The first kappa shape index (κ1) is 11.7. The van der Waals surface area contributed by atoms with Crippen molar-refractivity contribution in [1.82, 2.24) is 0 Å². The fraction of sp³-hybridized carbons (Fsp3) is 0.176. The van der Waals surface area contributed by atoms with E-state index in [-0.39, 0.29) is 0 Å². The predicted molar refractivity (Wildman–Crippen MR) is 76.1 cm³/mol. The molecule has 0 fully saturated rings. The molecule has 0 bridgehead atoms. The molecule has 86 valence electrons. The summed E-state index contributed by atoms with van der Waals surface area (Å²) in [6, 6.07) is 15.1. The Morgan fingerprint density at radius 2 is 1.59 bits per heavy atom. The SMILES string of the molecule is C=C(C)c1c(C)cccc1-c1ccc(C)cc1. The van der Waals surface area contributed by atoms with Gasteiger partial charge in [0.1, 0.15) is 0 Å². The van der Waals surface area contributed by atoms with Crippen LogP contribution in [0.15, 0.2) is 49.0 Å². The van der Waals surface area contributed by atoms with Gasteiger partial charge >= 0.3 is 0 Å². The van der Waals surface area contributed by atoms with Gasteiger partial charge in [0.15, 0.2) is 0 Å². The molecule has 0 amide bonds. The lowest BCUT2D eigenvalue weighted by molar-refractivity contribution is 1.40. The molecule has 0 aliphatic heterocycles. The Hall–Kier alpha value is -1.82. The van der Waals surface area contributed by atoms with Crippen molar-refractivity contribution >= 4 is 5.57 Å². The lowest BCUT2D eigenvalue weighted by atomic mass is 9.92. The molecular weight excluding hydrogens is 204 g/mol. The van der Waals surface area contributed by atoms with E-state index in [1.54, 1.807) is 0 Å². The molecule has 0 unspecified atom stereocenters. The Kier molecular flexibility index (Phi) is 3.14. The summed E-state index contributed by atoms with van der Waals surface area (Å²) in [5, 5.41) is 0. The summed E-state index contributed by atoms with van der Waals surface area (Å²) in [6.07, 6.45) is 0. The zero-order chi connectivity index (χ0) is 12.4. The predicted octanol–water partition coefficient (Wildman–Crippen LogP) is 5.00. The molecule has 0 aromatic heterocycles.